The normalized spacial score (nSPS) is 10.3. The van der Waals surface area contributed by atoms with Gasteiger partial charge in [0.15, 0.2) is 0 Å². The minimum absolute atomic E-state index is 0.0221. The summed E-state index contributed by atoms with van der Waals surface area (Å²) in [6, 6.07) is -0.533. The van der Waals surface area contributed by atoms with Crippen LogP contribution in [0.5, 0.6) is 0 Å². The van der Waals surface area contributed by atoms with E-state index in [4.69, 9.17) is 9.84 Å². The van der Waals surface area contributed by atoms with Crippen molar-refractivity contribution in [3.05, 3.63) is 0 Å². The molecular weight excluding hydrogens is 252 g/mol. The second-order valence-corrected chi connectivity index (χ2v) is 4.38. The Morgan fingerprint density at radius 1 is 1.26 bits per heavy atom. The molecule has 0 radical (unpaired) electrons. The van der Waals surface area contributed by atoms with Crippen molar-refractivity contribution in [2.24, 2.45) is 0 Å². The Labute approximate surface area is 112 Å². The second-order valence-electron chi connectivity index (χ2n) is 4.38. The molecule has 0 aromatic heterocycles. The molecule has 0 spiro atoms. The van der Waals surface area contributed by atoms with Gasteiger partial charge in [-0.15, -0.1) is 0 Å². The molecule has 0 aliphatic heterocycles. The topological polar surface area (TPSA) is 95.9 Å². The zero-order chi connectivity index (χ0) is 14.8. The van der Waals surface area contributed by atoms with Gasteiger partial charge < -0.3 is 14.7 Å². The lowest BCUT2D eigenvalue weighted by atomic mass is 10.2. The van der Waals surface area contributed by atoms with E-state index in [0.717, 1.165) is 0 Å². The zero-order valence-electron chi connectivity index (χ0n) is 11.6. The van der Waals surface area contributed by atoms with Gasteiger partial charge >= 0.3 is 12.0 Å². The summed E-state index contributed by atoms with van der Waals surface area (Å²) in [6.07, 6.45) is 0.154. The number of urea groups is 1. The number of rotatable bonds is 8. The Morgan fingerprint density at radius 3 is 2.37 bits per heavy atom. The SMILES string of the molecule is COCCN(C(=O)NC(=O)CCCC(=O)O)C(C)C. The summed E-state index contributed by atoms with van der Waals surface area (Å²) in [6.45, 7) is 4.45. The smallest absolute Gasteiger partial charge is 0.324 e. The van der Waals surface area contributed by atoms with Gasteiger partial charge in [0.05, 0.1) is 6.61 Å². The van der Waals surface area contributed by atoms with Gasteiger partial charge in [-0.1, -0.05) is 0 Å². The van der Waals surface area contributed by atoms with Crippen LogP contribution in [-0.4, -0.2) is 54.2 Å². The van der Waals surface area contributed by atoms with E-state index in [1.54, 1.807) is 0 Å². The fraction of sp³-hybridized carbons (Fsp3) is 0.750. The molecule has 0 aromatic carbocycles. The van der Waals surface area contributed by atoms with Crippen LogP contribution in [0.25, 0.3) is 0 Å². The number of ether oxygens (including phenoxy) is 1. The summed E-state index contributed by atoms with van der Waals surface area (Å²) in [5.74, 6) is -1.42. The Bertz CT molecular complexity index is 317. The predicted octanol–water partition coefficient (Wildman–Crippen LogP) is 0.834. The first-order valence-electron chi connectivity index (χ1n) is 6.19. The van der Waals surface area contributed by atoms with E-state index in [9.17, 15) is 14.4 Å². The molecule has 19 heavy (non-hydrogen) atoms. The maximum absolute atomic E-state index is 11.8. The molecular formula is C12H22N2O5. The molecule has 0 bridgehead atoms. The van der Waals surface area contributed by atoms with Gasteiger partial charge in [-0.25, -0.2) is 4.79 Å². The van der Waals surface area contributed by atoms with E-state index in [0.29, 0.717) is 13.2 Å². The highest BCUT2D eigenvalue weighted by Crippen LogP contribution is 2.00. The molecule has 0 aliphatic carbocycles. The molecule has 0 heterocycles. The molecule has 0 atom stereocenters. The third-order valence-corrected chi connectivity index (χ3v) is 2.46. The van der Waals surface area contributed by atoms with Crippen LogP contribution in [0.2, 0.25) is 0 Å². The largest absolute Gasteiger partial charge is 0.481 e. The number of nitrogens with zero attached hydrogens (tertiary/aromatic N) is 1. The highest BCUT2D eigenvalue weighted by Gasteiger charge is 2.18. The number of carbonyl (C=O) groups excluding carboxylic acids is 2. The van der Waals surface area contributed by atoms with E-state index >= 15 is 0 Å². The standard InChI is InChI=1S/C12H22N2O5/c1-9(2)14(7-8-19-3)12(18)13-10(15)5-4-6-11(16)17/h9H,4-8H2,1-3H3,(H,16,17)(H,13,15,18). The van der Waals surface area contributed by atoms with Crippen molar-refractivity contribution in [1.29, 1.82) is 0 Å². The lowest BCUT2D eigenvalue weighted by molar-refractivity contribution is -0.137. The lowest BCUT2D eigenvalue weighted by Crippen LogP contribution is -2.47. The van der Waals surface area contributed by atoms with Crippen LogP contribution >= 0.6 is 0 Å². The number of hydrogen-bond acceptors (Lipinski definition) is 4. The van der Waals surface area contributed by atoms with Gasteiger partial charge in [0, 0.05) is 32.5 Å². The molecule has 7 nitrogen and oxygen atoms in total. The van der Waals surface area contributed by atoms with Crippen LogP contribution in [0.1, 0.15) is 33.1 Å². The number of aliphatic carboxylic acids is 1. The van der Waals surface area contributed by atoms with Gasteiger partial charge in [0.1, 0.15) is 0 Å². The first kappa shape index (κ1) is 17.4. The van der Waals surface area contributed by atoms with Crippen LogP contribution < -0.4 is 5.32 Å². The van der Waals surface area contributed by atoms with Crippen molar-refractivity contribution in [3.8, 4) is 0 Å². The highest BCUT2D eigenvalue weighted by atomic mass is 16.5. The van der Waals surface area contributed by atoms with Crippen LogP contribution in [0.15, 0.2) is 0 Å². The number of carbonyl (C=O) groups is 3. The monoisotopic (exact) mass is 274 g/mol. The number of amides is 3. The molecule has 0 fully saturated rings. The molecule has 7 heteroatoms. The van der Waals surface area contributed by atoms with Crippen molar-refractivity contribution >= 4 is 17.9 Å². The molecule has 2 N–H and O–H groups in total. The van der Waals surface area contributed by atoms with Crippen molar-refractivity contribution in [2.45, 2.75) is 39.2 Å². The summed E-state index contributed by atoms with van der Waals surface area (Å²) in [4.78, 5) is 35.1. The van der Waals surface area contributed by atoms with Crippen molar-refractivity contribution < 1.29 is 24.2 Å². The van der Waals surface area contributed by atoms with E-state index < -0.39 is 17.9 Å². The van der Waals surface area contributed by atoms with Gasteiger partial charge in [-0.05, 0) is 20.3 Å². The third-order valence-electron chi connectivity index (χ3n) is 2.46. The number of hydrogen-bond donors (Lipinski definition) is 2. The van der Waals surface area contributed by atoms with Gasteiger partial charge in [0.2, 0.25) is 5.91 Å². The Balaban J connectivity index is 4.15. The Kier molecular flexibility index (Phi) is 8.52. The summed E-state index contributed by atoms with van der Waals surface area (Å²) in [7, 11) is 1.54. The van der Waals surface area contributed by atoms with Crippen molar-refractivity contribution in [1.82, 2.24) is 10.2 Å². The van der Waals surface area contributed by atoms with Crippen LogP contribution in [-0.2, 0) is 14.3 Å². The molecule has 0 saturated carbocycles. The average Bonchev–Trinajstić information content (AvgIpc) is 2.28. The van der Waals surface area contributed by atoms with Gasteiger partial charge in [-0.3, -0.25) is 14.9 Å². The summed E-state index contributed by atoms with van der Waals surface area (Å²) in [5, 5.41) is 10.7. The fourth-order valence-corrected chi connectivity index (χ4v) is 1.44. The Morgan fingerprint density at radius 2 is 1.89 bits per heavy atom. The van der Waals surface area contributed by atoms with E-state index in [1.165, 1.54) is 12.0 Å². The molecule has 0 aliphatic rings. The molecule has 0 rings (SSSR count). The van der Waals surface area contributed by atoms with Gasteiger partial charge in [0.25, 0.3) is 0 Å². The Hall–Kier alpha value is -1.63. The summed E-state index contributed by atoms with van der Waals surface area (Å²) in [5.41, 5.74) is 0. The third kappa shape index (κ3) is 8.15. The first-order valence-corrected chi connectivity index (χ1v) is 6.19. The quantitative estimate of drug-likeness (QED) is 0.683. The van der Waals surface area contributed by atoms with Gasteiger partial charge in [-0.2, -0.15) is 0 Å². The summed E-state index contributed by atoms with van der Waals surface area (Å²) < 4.78 is 4.90. The predicted molar refractivity (Wildman–Crippen MR) is 68.7 cm³/mol. The van der Waals surface area contributed by atoms with Crippen molar-refractivity contribution in [2.75, 3.05) is 20.3 Å². The highest BCUT2D eigenvalue weighted by molar-refractivity contribution is 5.94. The minimum Gasteiger partial charge on any atom is -0.481 e. The molecule has 0 saturated heterocycles. The number of nitrogens with one attached hydrogen (secondary N) is 1. The van der Waals surface area contributed by atoms with Crippen molar-refractivity contribution in [3.63, 3.8) is 0 Å². The zero-order valence-corrected chi connectivity index (χ0v) is 11.6. The minimum atomic E-state index is -0.956. The first-order chi connectivity index (χ1) is 8.88. The van der Waals surface area contributed by atoms with E-state index in [-0.39, 0.29) is 25.3 Å². The second kappa shape index (κ2) is 9.32. The lowest BCUT2D eigenvalue weighted by Gasteiger charge is -2.26. The van der Waals surface area contributed by atoms with Crippen LogP contribution in [0, 0.1) is 0 Å². The van der Waals surface area contributed by atoms with E-state index in [1.807, 2.05) is 13.8 Å². The van der Waals surface area contributed by atoms with Crippen LogP contribution in [0.3, 0.4) is 0 Å². The maximum atomic E-state index is 11.8. The molecule has 3 amide bonds. The summed E-state index contributed by atoms with van der Waals surface area (Å²) >= 11 is 0. The number of imide groups is 1. The van der Waals surface area contributed by atoms with Crippen LogP contribution in [0.4, 0.5) is 4.79 Å². The number of methoxy groups -OCH3 is 1. The number of carboxylic acids is 1. The molecule has 110 valence electrons. The fourth-order valence-electron chi connectivity index (χ4n) is 1.44. The average molecular weight is 274 g/mol. The van der Waals surface area contributed by atoms with E-state index in [2.05, 4.69) is 5.32 Å². The maximum Gasteiger partial charge on any atom is 0.324 e. The molecule has 0 aromatic rings. The molecule has 0 unspecified atom stereocenters. The number of carboxylic acid groups (broad SMARTS) is 1.